The summed E-state index contributed by atoms with van der Waals surface area (Å²) in [5.41, 5.74) is 2.67. The number of halogens is 2. The zero-order valence-corrected chi connectivity index (χ0v) is 19.1. The first-order valence-electron chi connectivity index (χ1n) is 10.6. The molecule has 0 bridgehead atoms. The van der Waals surface area contributed by atoms with E-state index < -0.39 is 22.3 Å². The van der Waals surface area contributed by atoms with Crippen molar-refractivity contribution in [1.29, 1.82) is 0 Å². The quantitative estimate of drug-likeness (QED) is 0.466. The Balaban J connectivity index is 1.57. The van der Waals surface area contributed by atoms with Gasteiger partial charge in [0.2, 0.25) is 0 Å². The summed E-state index contributed by atoms with van der Waals surface area (Å²) in [6, 6.07) is 18.1. The predicted octanol–water partition coefficient (Wildman–Crippen LogP) is 4.70. The van der Waals surface area contributed by atoms with Gasteiger partial charge in [0.1, 0.15) is 23.5 Å². The molecule has 0 amide bonds. The summed E-state index contributed by atoms with van der Waals surface area (Å²) in [5, 5.41) is 14.8. The van der Waals surface area contributed by atoms with Crippen molar-refractivity contribution in [3.63, 3.8) is 0 Å². The molecule has 9 heteroatoms. The van der Waals surface area contributed by atoms with E-state index >= 15 is 0 Å². The lowest BCUT2D eigenvalue weighted by Crippen LogP contribution is -2.23. The van der Waals surface area contributed by atoms with Gasteiger partial charge in [0.15, 0.2) is 0 Å². The van der Waals surface area contributed by atoms with E-state index in [0.717, 1.165) is 11.8 Å². The number of hydrogen-bond acceptors (Lipinski definition) is 6. The Morgan fingerprint density at radius 1 is 0.971 bits per heavy atom. The van der Waals surface area contributed by atoms with Crippen LogP contribution in [0.15, 0.2) is 78.0 Å². The van der Waals surface area contributed by atoms with Gasteiger partial charge in [-0.1, -0.05) is 41.6 Å². The van der Waals surface area contributed by atoms with Crippen molar-refractivity contribution in [1.82, 2.24) is 0 Å². The zero-order valence-electron chi connectivity index (χ0n) is 18.3. The first kappa shape index (κ1) is 23.8. The van der Waals surface area contributed by atoms with Gasteiger partial charge in [0.25, 0.3) is 0 Å². The monoisotopic (exact) mass is 487 g/mol. The third-order valence-corrected chi connectivity index (χ3v) is 6.05. The standard InChI is InChI=1S/C25H23F2NO5S/c1-34(30,31)33-21-12-6-17(7-13-21)24-23(15-14-22(29)16-2-8-19(26)9-3-16)32-28-25(24)18-4-10-20(27)11-5-18/h2-13,22-24,29H,14-15H2,1H3/t22-,23+,24+/m0/s1. The molecule has 0 saturated carbocycles. The van der Waals surface area contributed by atoms with Gasteiger partial charge in [0.05, 0.1) is 24.0 Å². The van der Waals surface area contributed by atoms with Gasteiger partial charge < -0.3 is 14.1 Å². The van der Waals surface area contributed by atoms with Gasteiger partial charge in [-0.15, -0.1) is 0 Å². The fourth-order valence-corrected chi connectivity index (χ4v) is 4.40. The molecule has 0 radical (unpaired) electrons. The maximum atomic E-state index is 13.5. The summed E-state index contributed by atoms with van der Waals surface area (Å²) in [4.78, 5) is 5.73. The second-order valence-corrected chi connectivity index (χ2v) is 9.68. The Morgan fingerprint density at radius 2 is 1.56 bits per heavy atom. The normalized spacial score (nSPS) is 18.8. The summed E-state index contributed by atoms with van der Waals surface area (Å²) in [5.74, 6) is -0.927. The van der Waals surface area contributed by atoms with E-state index in [2.05, 4.69) is 5.16 Å². The first-order chi connectivity index (χ1) is 16.2. The Morgan fingerprint density at radius 3 is 2.15 bits per heavy atom. The topological polar surface area (TPSA) is 85.2 Å². The predicted molar refractivity (Wildman–Crippen MR) is 123 cm³/mol. The van der Waals surface area contributed by atoms with Crippen LogP contribution < -0.4 is 4.18 Å². The minimum absolute atomic E-state index is 0.175. The van der Waals surface area contributed by atoms with Gasteiger partial charge in [0, 0.05) is 5.56 Å². The smallest absolute Gasteiger partial charge is 0.306 e. The van der Waals surface area contributed by atoms with Crippen LogP contribution in [0.25, 0.3) is 0 Å². The maximum Gasteiger partial charge on any atom is 0.306 e. The van der Waals surface area contributed by atoms with Gasteiger partial charge in [-0.3, -0.25) is 0 Å². The summed E-state index contributed by atoms with van der Waals surface area (Å²) in [6.45, 7) is 0. The lowest BCUT2D eigenvalue weighted by Gasteiger charge is -2.21. The highest BCUT2D eigenvalue weighted by Gasteiger charge is 2.36. The average Bonchev–Trinajstić information content (AvgIpc) is 3.22. The van der Waals surface area contributed by atoms with Crippen LogP contribution in [0.3, 0.4) is 0 Å². The van der Waals surface area contributed by atoms with Crippen LogP contribution >= 0.6 is 0 Å². The number of oxime groups is 1. The van der Waals surface area contributed by atoms with Crippen molar-refractivity contribution in [2.24, 2.45) is 5.16 Å². The lowest BCUT2D eigenvalue weighted by atomic mass is 9.84. The summed E-state index contributed by atoms with van der Waals surface area (Å²) in [6.07, 6.45) is 0.489. The Bertz CT molecular complexity index is 1260. The van der Waals surface area contributed by atoms with Crippen LogP contribution in [0.1, 0.15) is 41.6 Å². The molecule has 3 aromatic rings. The SMILES string of the molecule is CS(=O)(=O)Oc1ccc([C@H]2C(c3ccc(F)cc3)=NO[C@@H]2CC[C@H](O)c2ccc(F)cc2)cc1. The molecule has 0 aromatic heterocycles. The van der Waals surface area contributed by atoms with E-state index in [1.54, 1.807) is 36.4 Å². The van der Waals surface area contributed by atoms with E-state index in [-0.39, 0.29) is 23.3 Å². The van der Waals surface area contributed by atoms with E-state index in [1.165, 1.54) is 36.4 Å². The molecule has 0 aliphatic carbocycles. The maximum absolute atomic E-state index is 13.5. The molecule has 3 atom stereocenters. The number of benzene rings is 3. The number of hydrogen-bond donors (Lipinski definition) is 1. The number of nitrogens with zero attached hydrogens (tertiary/aromatic N) is 1. The van der Waals surface area contributed by atoms with Crippen LogP contribution in [0.4, 0.5) is 8.78 Å². The highest BCUT2D eigenvalue weighted by Crippen LogP contribution is 2.36. The third-order valence-electron chi connectivity index (χ3n) is 5.56. The Hall–Kier alpha value is -3.30. The second kappa shape index (κ2) is 9.90. The third kappa shape index (κ3) is 5.78. The van der Waals surface area contributed by atoms with Crippen molar-refractivity contribution in [2.45, 2.75) is 31.0 Å². The van der Waals surface area contributed by atoms with Crippen LogP contribution in [0, 0.1) is 11.6 Å². The largest absolute Gasteiger partial charge is 0.391 e. The number of rotatable bonds is 8. The molecule has 1 aliphatic heterocycles. The van der Waals surface area contributed by atoms with Gasteiger partial charge in [-0.2, -0.15) is 8.42 Å². The summed E-state index contributed by atoms with van der Waals surface area (Å²) >= 11 is 0. The molecule has 1 aliphatic rings. The fraction of sp³-hybridized carbons (Fsp3) is 0.240. The highest BCUT2D eigenvalue weighted by molar-refractivity contribution is 7.86. The van der Waals surface area contributed by atoms with Crippen LogP contribution in [0.2, 0.25) is 0 Å². The second-order valence-electron chi connectivity index (χ2n) is 8.11. The summed E-state index contributed by atoms with van der Waals surface area (Å²) < 4.78 is 54.4. The van der Waals surface area contributed by atoms with Crippen LogP contribution in [-0.2, 0) is 15.0 Å². The molecular weight excluding hydrogens is 464 g/mol. The van der Waals surface area contributed by atoms with E-state index in [9.17, 15) is 22.3 Å². The first-order valence-corrected chi connectivity index (χ1v) is 12.4. The molecule has 34 heavy (non-hydrogen) atoms. The number of aliphatic hydroxyl groups is 1. The average molecular weight is 488 g/mol. The van der Waals surface area contributed by atoms with Crippen LogP contribution in [-0.4, -0.2) is 31.6 Å². The highest BCUT2D eigenvalue weighted by atomic mass is 32.2. The molecule has 6 nitrogen and oxygen atoms in total. The van der Waals surface area contributed by atoms with E-state index in [1.807, 2.05) is 0 Å². The molecule has 1 N–H and O–H groups in total. The minimum atomic E-state index is -3.66. The van der Waals surface area contributed by atoms with Crippen molar-refractivity contribution < 1.29 is 31.3 Å². The molecule has 3 aromatic carbocycles. The molecule has 0 saturated heterocycles. The van der Waals surface area contributed by atoms with Crippen molar-refractivity contribution in [3.8, 4) is 5.75 Å². The Labute approximate surface area is 196 Å². The van der Waals surface area contributed by atoms with Crippen molar-refractivity contribution >= 4 is 15.8 Å². The molecule has 0 spiro atoms. The molecule has 0 unspecified atom stereocenters. The van der Waals surface area contributed by atoms with Crippen molar-refractivity contribution in [2.75, 3.05) is 6.26 Å². The number of aliphatic hydroxyl groups excluding tert-OH is 1. The summed E-state index contributed by atoms with van der Waals surface area (Å²) in [7, 11) is -3.66. The Kier molecular flexibility index (Phi) is 6.95. The van der Waals surface area contributed by atoms with Crippen LogP contribution in [0.5, 0.6) is 5.75 Å². The zero-order chi connectivity index (χ0) is 24.3. The lowest BCUT2D eigenvalue weighted by molar-refractivity contribution is 0.0535. The van der Waals surface area contributed by atoms with E-state index in [0.29, 0.717) is 29.7 Å². The van der Waals surface area contributed by atoms with Gasteiger partial charge >= 0.3 is 10.1 Å². The molecule has 0 fully saturated rings. The van der Waals surface area contributed by atoms with E-state index in [4.69, 9.17) is 9.02 Å². The van der Waals surface area contributed by atoms with Gasteiger partial charge in [-0.05, 0) is 60.4 Å². The molecule has 1 heterocycles. The fourth-order valence-electron chi connectivity index (χ4n) is 3.94. The van der Waals surface area contributed by atoms with Gasteiger partial charge in [-0.25, -0.2) is 8.78 Å². The molecule has 4 rings (SSSR count). The minimum Gasteiger partial charge on any atom is -0.391 e. The molecule has 178 valence electrons. The molecular formula is C25H23F2NO5S. The van der Waals surface area contributed by atoms with Crippen molar-refractivity contribution in [3.05, 3.63) is 101 Å².